The van der Waals surface area contributed by atoms with Crippen LogP contribution in [0.5, 0.6) is 0 Å². The number of rotatable bonds is 6. The topological polar surface area (TPSA) is 43.4 Å². The first-order valence-corrected chi connectivity index (χ1v) is 11.9. The number of fused-ring (bicyclic) bond motifs is 1. The summed E-state index contributed by atoms with van der Waals surface area (Å²) in [5.41, 5.74) is 4.92. The molecule has 1 heterocycles. The van der Waals surface area contributed by atoms with Crippen LogP contribution in [0.4, 0.5) is 0 Å². The number of aliphatic carboxylic acids is 1. The van der Waals surface area contributed by atoms with Crippen molar-refractivity contribution < 1.29 is 9.90 Å². The molecule has 3 unspecified atom stereocenters. The molecule has 0 bridgehead atoms. The van der Waals surface area contributed by atoms with Crippen LogP contribution in [0.15, 0.2) is 91.0 Å². The molecule has 1 fully saturated rings. The largest absolute Gasteiger partial charge is 0.549 e. The lowest BCUT2D eigenvalue weighted by Crippen LogP contribution is -2.53. The van der Waals surface area contributed by atoms with E-state index in [1.54, 1.807) is 0 Å². The first kappa shape index (κ1) is 21.7. The Morgan fingerprint density at radius 1 is 0.909 bits per heavy atom. The molecule has 0 aromatic heterocycles. The summed E-state index contributed by atoms with van der Waals surface area (Å²) < 4.78 is 0. The smallest absolute Gasteiger partial charge is 0.0501 e. The molecule has 0 N–H and O–H groups in total. The van der Waals surface area contributed by atoms with Gasteiger partial charge in [0.05, 0.1) is 5.97 Å². The summed E-state index contributed by atoms with van der Waals surface area (Å²) in [5.74, 6) is -1.14. The van der Waals surface area contributed by atoms with Gasteiger partial charge in [0.15, 0.2) is 0 Å². The Balaban J connectivity index is 1.58. The highest BCUT2D eigenvalue weighted by Gasteiger charge is 2.55. The molecule has 1 aliphatic carbocycles. The van der Waals surface area contributed by atoms with E-state index in [-0.39, 0.29) is 11.8 Å². The summed E-state index contributed by atoms with van der Waals surface area (Å²) in [7, 11) is 0. The number of likely N-dealkylation sites (tertiary alicyclic amines) is 1. The molecule has 1 aliphatic heterocycles. The average Bonchev–Trinajstić information content (AvgIpc) is 3.25. The summed E-state index contributed by atoms with van der Waals surface area (Å²) in [6, 6.07) is 29.1. The van der Waals surface area contributed by atoms with Crippen LogP contribution in [0.25, 0.3) is 5.57 Å². The standard InChI is InChI=1S/C30H31NO2/c1-2-22-13-15-24(16-14-22)26-17-18-27(25-11-7-4-8-12-25)30(29(32)33)21-31(20-28(26)30)19-23-9-5-3-6-10-23/h3-17,27-28H,2,18-21H2,1H3,(H,32,33)/p-1. The number of carbonyl (C=O) groups excluding carboxylic acids is 1. The molecular weight excluding hydrogens is 406 g/mol. The van der Waals surface area contributed by atoms with E-state index in [1.165, 1.54) is 11.1 Å². The SMILES string of the molecule is CCc1ccc(C2=CCC(c3ccccc3)C3(C(=O)[O-])CN(Cc4ccccc4)CC23)cc1. The Bertz CT molecular complexity index is 1140. The van der Waals surface area contributed by atoms with E-state index in [0.717, 1.165) is 29.7 Å². The van der Waals surface area contributed by atoms with Gasteiger partial charge >= 0.3 is 0 Å². The predicted molar refractivity (Wildman–Crippen MR) is 130 cm³/mol. The fraction of sp³-hybridized carbons (Fsp3) is 0.300. The minimum atomic E-state index is -0.955. The van der Waals surface area contributed by atoms with E-state index in [0.29, 0.717) is 19.5 Å². The fourth-order valence-corrected chi connectivity index (χ4v) is 5.97. The van der Waals surface area contributed by atoms with Gasteiger partial charge in [-0.25, -0.2) is 0 Å². The van der Waals surface area contributed by atoms with Crippen LogP contribution in [0, 0.1) is 11.3 Å². The van der Waals surface area contributed by atoms with Crippen LogP contribution in [-0.4, -0.2) is 24.0 Å². The molecule has 1 saturated heterocycles. The monoisotopic (exact) mass is 436 g/mol. The normalized spacial score (nSPS) is 24.8. The number of carboxylic acids is 1. The maximum atomic E-state index is 13.1. The number of hydrogen-bond acceptors (Lipinski definition) is 3. The fourth-order valence-electron chi connectivity index (χ4n) is 5.97. The van der Waals surface area contributed by atoms with Crippen LogP contribution < -0.4 is 5.11 Å². The number of carbonyl (C=O) groups is 1. The molecule has 3 heteroatoms. The molecule has 3 aromatic carbocycles. The lowest BCUT2D eigenvalue weighted by Gasteiger charge is -2.46. The average molecular weight is 437 g/mol. The number of hydrogen-bond donors (Lipinski definition) is 0. The second kappa shape index (κ2) is 8.99. The van der Waals surface area contributed by atoms with Crippen molar-refractivity contribution in [3.63, 3.8) is 0 Å². The zero-order valence-corrected chi connectivity index (χ0v) is 19.1. The van der Waals surface area contributed by atoms with Gasteiger partial charge in [-0.1, -0.05) is 97.9 Å². The van der Waals surface area contributed by atoms with Crippen molar-refractivity contribution in [3.8, 4) is 0 Å². The Kier molecular flexibility index (Phi) is 5.90. The van der Waals surface area contributed by atoms with E-state index < -0.39 is 11.4 Å². The first-order chi connectivity index (χ1) is 16.1. The van der Waals surface area contributed by atoms with Gasteiger partial charge in [0, 0.05) is 36.9 Å². The molecule has 2 aliphatic rings. The van der Waals surface area contributed by atoms with Gasteiger partial charge in [-0.05, 0) is 40.7 Å². The number of carboxylic acid groups (broad SMARTS) is 1. The summed E-state index contributed by atoms with van der Waals surface area (Å²) >= 11 is 0. The highest BCUT2D eigenvalue weighted by Crippen LogP contribution is 2.56. The van der Waals surface area contributed by atoms with Crippen molar-refractivity contribution in [2.75, 3.05) is 13.1 Å². The van der Waals surface area contributed by atoms with Crippen molar-refractivity contribution in [2.45, 2.75) is 32.2 Å². The van der Waals surface area contributed by atoms with Crippen molar-refractivity contribution in [1.29, 1.82) is 0 Å². The summed E-state index contributed by atoms with van der Waals surface area (Å²) in [6.45, 7) is 4.11. The molecule has 3 atom stereocenters. The Morgan fingerprint density at radius 2 is 1.58 bits per heavy atom. The van der Waals surface area contributed by atoms with Crippen molar-refractivity contribution in [2.24, 2.45) is 11.3 Å². The van der Waals surface area contributed by atoms with Gasteiger partial charge in [-0.15, -0.1) is 0 Å². The third kappa shape index (κ3) is 3.91. The Morgan fingerprint density at radius 3 is 2.21 bits per heavy atom. The van der Waals surface area contributed by atoms with Gasteiger partial charge in [0.1, 0.15) is 0 Å². The number of allylic oxidation sites excluding steroid dienone is 1. The third-order valence-electron chi connectivity index (χ3n) is 7.65. The molecule has 3 aromatic rings. The Labute approximate surface area is 196 Å². The lowest BCUT2D eigenvalue weighted by molar-refractivity contribution is -0.321. The highest BCUT2D eigenvalue weighted by molar-refractivity contribution is 5.83. The molecule has 33 heavy (non-hydrogen) atoms. The first-order valence-electron chi connectivity index (χ1n) is 11.9. The molecule has 3 nitrogen and oxygen atoms in total. The summed E-state index contributed by atoms with van der Waals surface area (Å²) in [6.07, 6.45) is 3.99. The van der Waals surface area contributed by atoms with E-state index >= 15 is 0 Å². The van der Waals surface area contributed by atoms with Gasteiger partial charge in [0.2, 0.25) is 0 Å². The van der Waals surface area contributed by atoms with Gasteiger partial charge in [-0.3, -0.25) is 4.90 Å². The quantitative estimate of drug-likeness (QED) is 0.563. The lowest BCUT2D eigenvalue weighted by atomic mass is 9.59. The number of nitrogens with zero attached hydrogens (tertiary/aromatic N) is 1. The second-order valence-electron chi connectivity index (χ2n) is 9.44. The van der Waals surface area contributed by atoms with Crippen LogP contribution >= 0.6 is 0 Å². The van der Waals surface area contributed by atoms with E-state index in [9.17, 15) is 9.90 Å². The summed E-state index contributed by atoms with van der Waals surface area (Å²) in [4.78, 5) is 15.4. The zero-order chi connectivity index (χ0) is 22.8. The van der Waals surface area contributed by atoms with Crippen LogP contribution in [0.2, 0.25) is 0 Å². The maximum absolute atomic E-state index is 13.1. The maximum Gasteiger partial charge on any atom is 0.0501 e. The van der Waals surface area contributed by atoms with E-state index in [4.69, 9.17) is 0 Å². The zero-order valence-electron chi connectivity index (χ0n) is 19.1. The minimum Gasteiger partial charge on any atom is -0.549 e. The third-order valence-corrected chi connectivity index (χ3v) is 7.65. The van der Waals surface area contributed by atoms with Crippen LogP contribution in [0.1, 0.15) is 41.5 Å². The number of benzene rings is 3. The second-order valence-corrected chi connectivity index (χ2v) is 9.44. The van der Waals surface area contributed by atoms with Crippen molar-refractivity contribution in [3.05, 3.63) is 113 Å². The summed E-state index contributed by atoms with van der Waals surface area (Å²) in [5, 5.41) is 13.1. The van der Waals surface area contributed by atoms with Crippen molar-refractivity contribution >= 4 is 11.5 Å². The molecule has 5 rings (SSSR count). The molecule has 0 radical (unpaired) electrons. The molecule has 0 saturated carbocycles. The van der Waals surface area contributed by atoms with E-state index in [2.05, 4.69) is 66.4 Å². The number of aryl methyl sites for hydroxylation is 1. The van der Waals surface area contributed by atoms with Crippen molar-refractivity contribution in [1.82, 2.24) is 4.90 Å². The molecular formula is C30H30NO2-. The Hall–Kier alpha value is -3.17. The van der Waals surface area contributed by atoms with Gasteiger partial charge in [0.25, 0.3) is 0 Å². The van der Waals surface area contributed by atoms with E-state index in [1.807, 2.05) is 36.4 Å². The van der Waals surface area contributed by atoms with Gasteiger partial charge < -0.3 is 9.90 Å². The van der Waals surface area contributed by atoms with Crippen LogP contribution in [-0.2, 0) is 17.8 Å². The molecule has 168 valence electrons. The minimum absolute atomic E-state index is 0.104. The highest BCUT2D eigenvalue weighted by atomic mass is 16.4. The molecule has 0 amide bonds. The van der Waals surface area contributed by atoms with Crippen LogP contribution in [0.3, 0.4) is 0 Å². The van der Waals surface area contributed by atoms with Gasteiger partial charge in [-0.2, -0.15) is 0 Å². The molecule has 0 spiro atoms. The predicted octanol–water partition coefficient (Wildman–Crippen LogP) is 4.69.